The highest BCUT2D eigenvalue weighted by molar-refractivity contribution is 5.92. The van der Waals surface area contributed by atoms with Crippen molar-refractivity contribution in [3.05, 3.63) is 90.0 Å². The third-order valence-corrected chi connectivity index (χ3v) is 4.37. The molecular formula is C23H24O. The van der Waals surface area contributed by atoms with Crippen molar-refractivity contribution in [1.29, 1.82) is 0 Å². The van der Waals surface area contributed by atoms with E-state index in [4.69, 9.17) is 4.74 Å². The van der Waals surface area contributed by atoms with Crippen LogP contribution in [0.15, 0.2) is 78.9 Å². The molecule has 1 atom stereocenters. The molecule has 0 saturated heterocycles. The van der Waals surface area contributed by atoms with Crippen molar-refractivity contribution in [3.63, 3.8) is 0 Å². The summed E-state index contributed by atoms with van der Waals surface area (Å²) >= 11 is 0. The van der Waals surface area contributed by atoms with Crippen LogP contribution in [0.3, 0.4) is 0 Å². The van der Waals surface area contributed by atoms with Crippen molar-refractivity contribution in [2.24, 2.45) is 5.92 Å². The first-order valence-corrected chi connectivity index (χ1v) is 8.64. The number of fused-ring (bicyclic) bond motifs is 1. The quantitative estimate of drug-likeness (QED) is 0.475. The average molecular weight is 316 g/mol. The molecule has 0 radical (unpaired) electrons. The number of rotatable bonds is 6. The second-order valence-electron chi connectivity index (χ2n) is 6.22. The highest BCUT2D eigenvalue weighted by Gasteiger charge is 2.09. The number of benzene rings is 3. The lowest BCUT2D eigenvalue weighted by atomic mass is 10.00. The van der Waals surface area contributed by atoms with Gasteiger partial charge in [0.25, 0.3) is 0 Å². The van der Waals surface area contributed by atoms with E-state index in [-0.39, 0.29) is 0 Å². The summed E-state index contributed by atoms with van der Waals surface area (Å²) in [5.41, 5.74) is 2.36. The number of ether oxygens (including phenoxy) is 1. The Labute approximate surface area is 144 Å². The van der Waals surface area contributed by atoms with Crippen LogP contribution in [-0.2, 0) is 11.3 Å². The van der Waals surface area contributed by atoms with Gasteiger partial charge in [0.1, 0.15) is 12.4 Å². The van der Waals surface area contributed by atoms with Gasteiger partial charge in [-0.15, -0.1) is 0 Å². The van der Waals surface area contributed by atoms with E-state index in [1.165, 1.54) is 21.9 Å². The summed E-state index contributed by atoms with van der Waals surface area (Å²) in [7, 11) is 0. The Balaban J connectivity index is 1.96. The summed E-state index contributed by atoms with van der Waals surface area (Å²) in [6.07, 6.45) is 3.35. The van der Waals surface area contributed by atoms with E-state index in [2.05, 4.69) is 86.7 Å². The zero-order valence-corrected chi connectivity index (χ0v) is 14.4. The summed E-state index contributed by atoms with van der Waals surface area (Å²) in [5, 5.41) is 2.48. The van der Waals surface area contributed by atoms with Gasteiger partial charge in [-0.3, -0.25) is 0 Å². The normalized spacial score (nSPS) is 13.0. The van der Waals surface area contributed by atoms with E-state index in [9.17, 15) is 0 Å². The number of hydrogen-bond acceptors (Lipinski definition) is 1. The van der Waals surface area contributed by atoms with Crippen molar-refractivity contribution in [2.75, 3.05) is 0 Å². The maximum atomic E-state index is 6.26. The summed E-state index contributed by atoms with van der Waals surface area (Å²) in [6.45, 7) is 5.03. The molecule has 0 saturated carbocycles. The lowest BCUT2D eigenvalue weighted by molar-refractivity contribution is 0.262. The molecule has 1 unspecified atom stereocenters. The first-order valence-electron chi connectivity index (χ1n) is 8.64. The highest BCUT2D eigenvalue weighted by Crippen LogP contribution is 2.28. The minimum Gasteiger partial charge on any atom is -0.489 e. The second-order valence-corrected chi connectivity index (χ2v) is 6.22. The van der Waals surface area contributed by atoms with Gasteiger partial charge in [-0.2, -0.15) is 0 Å². The Hall–Kier alpha value is -2.54. The molecule has 122 valence electrons. The third kappa shape index (κ3) is 3.86. The Morgan fingerprint density at radius 1 is 0.917 bits per heavy atom. The van der Waals surface area contributed by atoms with Crippen molar-refractivity contribution in [3.8, 4) is 0 Å². The second kappa shape index (κ2) is 7.83. The van der Waals surface area contributed by atoms with Crippen LogP contribution >= 0.6 is 0 Å². The fraction of sp³-hybridized carbons (Fsp3) is 0.217. The molecule has 1 heteroatoms. The van der Waals surface area contributed by atoms with Gasteiger partial charge in [0.15, 0.2) is 0 Å². The summed E-state index contributed by atoms with van der Waals surface area (Å²) in [6, 6.07) is 25.2. The molecule has 0 heterocycles. The van der Waals surface area contributed by atoms with Crippen LogP contribution in [0, 0.1) is 5.92 Å². The summed E-state index contributed by atoms with van der Waals surface area (Å²) in [4.78, 5) is 0. The molecule has 0 aliphatic carbocycles. The van der Waals surface area contributed by atoms with E-state index in [0.717, 1.165) is 12.2 Å². The van der Waals surface area contributed by atoms with Gasteiger partial charge in [0.2, 0.25) is 0 Å². The Kier molecular flexibility index (Phi) is 5.32. The lowest BCUT2D eigenvalue weighted by Gasteiger charge is -2.15. The first kappa shape index (κ1) is 16.3. The molecule has 3 aromatic rings. The van der Waals surface area contributed by atoms with Crippen LogP contribution in [0.25, 0.3) is 16.5 Å². The van der Waals surface area contributed by atoms with Gasteiger partial charge in [-0.25, -0.2) is 0 Å². The third-order valence-electron chi connectivity index (χ3n) is 4.37. The van der Waals surface area contributed by atoms with Crippen molar-refractivity contribution in [2.45, 2.75) is 26.9 Å². The minimum atomic E-state index is 0.481. The molecular weight excluding hydrogens is 292 g/mol. The van der Waals surface area contributed by atoms with Crippen molar-refractivity contribution in [1.82, 2.24) is 0 Å². The number of hydrogen-bond donors (Lipinski definition) is 0. The maximum Gasteiger partial charge on any atom is 0.123 e. The fourth-order valence-corrected chi connectivity index (χ4v) is 2.77. The molecule has 0 aromatic heterocycles. The van der Waals surface area contributed by atoms with Gasteiger partial charge in [0.05, 0.1) is 0 Å². The van der Waals surface area contributed by atoms with Crippen LogP contribution < -0.4 is 0 Å². The van der Waals surface area contributed by atoms with E-state index in [0.29, 0.717) is 12.5 Å². The van der Waals surface area contributed by atoms with Gasteiger partial charge < -0.3 is 4.74 Å². The van der Waals surface area contributed by atoms with Gasteiger partial charge in [-0.05, 0) is 34.8 Å². The van der Waals surface area contributed by atoms with Crippen LogP contribution in [-0.4, -0.2) is 0 Å². The van der Waals surface area contributed by atoms with Crippen LogP contribution in [0.2, 0.25) is 0 Å². The van der Waals surface area contributed by atoms with E-state index in [1.54, 1.807) is 0 Å². The molecule has 0 bridgehead atoms. The Morgan fingerprint density at radius 3 is 2.42 bits per heavy atom. The van der Waals surface area contributed by atoms with Gasteiger partial charge in [0, 0.05) is 5.56 Å². The molecule has 3 aromatic carbocycles. The van der Waals surface area contributed by atoms with Gasteiger partial charge in [-0.1, -0.05) is 86.6 Å². The van der Waals surface area contributed by atoms with Crippen LogP contribution in [0.1, 0.15) is 31.4 Å². The smallest absolute Gasteiger partial charge is 0.123 e. The minimum absolute atomic E-state index is 0.481. The highest BCUT2D eigenvalue weighted by atomic mass is 16.5. The molecule has 0 N–H and O–H groups in total. The largest absolute Gasteiger partial charge is 0.489 e. The fourth-order valence-electron chi connectivity index (χ4n) is 2.77. The van der Waals surface area contributed by atoms with Crippen LogP contribution in [0.4, 0.5) is 0 Å². The molecule has 24 heavy (non-hydrogen) atoms. The molecule has 3 rings (SSSR count). The summed E-state index contributed by atoms with van der Waals surface area (Å²) < 4.78 is 6.26. The SMILES string of the molecule is CCC(C)/C=C(\OCc1ccccc1)c1cccc2ccccc12. The standard InChI is InChI=1S/C23H24O/c1-3-18(2)16-23(24-17-19-10-5-4-6-11-19)22-15-9-13-20-12-7-8-14-21(20)22/h4-16,18H,3,17H2,1-2H3/b23-16-. The van der Waals surface area contributed by atoms with E-state index >= 15 is 0 Å². The monoisotopic (exact) mass is 316 g/mol. The Morgan fingerprint density at radius 2 is 1.62 bits per heavy atom. The topological polar surface area (TPSA) is 9.23 Å². The number of allylic oxidation sites excluding steroid dienone is 1. The molecule has 0 amide bonds. The van der Waals surface area contributed by atoms with Gasteiger partial charge >= 0.3 is 0 Å². The first-order chi connectivity index (χ1) is 11.8. The average Bonchev–Trinajstić information content (AvgIpc) is 2.65. The predicted octanol–water partition coefficient (Wildman–Crippen LogP) is 6.44. The zero-order valence-electron chi connectivity index (χ0n) is 14.4. The molecule has 0 spiro atoms. The van der Waals surface area contributed by atoms with Crippen molar-refractivity contribution >= 4 is 16.5 Å². The zero-order chi connectivity index (χ0) is 16.8. The molecule has 0 aliphatic rings. The molecule has 1 nitrogen and oxygen atoms in total. The predicted molar refractivity (Wildman–Crippen MR) is 103 cm³/mol. The molecule has 0 fully saturated rings. The Bertz CT molecular complexity index is 812. The van der Waals surface area contributed by atoms with Crippen LogP contribution in [0.5, 0.6) is 0 Å². The maximum absolute atomic E-state index is 6.26. The van der Waals surface area contributed by atoms with Crippen molar-refractivity contribution < 1.29 is 4.74 Å². The van der Waals surface area contributed by atoms with E-state index in [1.807, 2.05) is 6.07 Å². The van der Waals surface area contributed by atoms with E-state index < -0.39 is 0 Å². The summed E-state index contributed by atoms with van der Waals surface area (Å²) in [5.74, 6) is 1.46. The molecule has 0 aliphatic heterocycles. The lowest BCUT2D eigenvalue weighted by Crippen LogP contribution is -1.98.